The Bertz CT molecular complexity index is 386. The zero-order valence-corrected chi connectivity index (χ0v) is 9.13. The summed E-state index contributed by atoms with van der Waals surface area (Å²) in [5.74, 6) is -0.269. The molecule has 1 rings (SSSR count). The number of benzene rings is 1. The van der Waals surface area contributed by atoms with E-state index in [0.717, 1.165) is 0 Å². The van der Waals surface area contributed by atoms with E-state index in [1.807, 2.05) is 0 Å². The van der Waals surface area contributed by atoms with Crippen LogP contribution in [0.25, 0.3) is 0 Å². The molecule has 1 N–H and O–H groups in total. The van der Waals surface area contributed by atoms with Gasteiger partial charge in [0.25, 0.3) is 0 Å². The molecule has 0 atom stereocenters. The smallest absolute Gasteiger partial charge is 0.389 e. The van der Waals surface area contributed by atoms with Crippen LogP contribution in [0.2, 0.25) is 0 Å². The molecule has 0 unspecified atom stereocenters. The van der Waals surface area contributed by atoms with Crippen molar-refractivity contribution in [3.63, 3.8) is 0 Å². The maximum Gasteiger partial charge on any atom is 0.389 e. The van der Waals surface area contributed by atoms with Crippen molar-refractivity contribution >= 4 is 5.78 Å². The molecule has 0 amide bonds. The van der Waals surface area contributed by atoms with E-state index in [1.165, 1.54) is 24.3 Å². The highest BCUT2D eigenvalue weighted by Gasteiger charge is 2.25. The number of hydrogen-bond donors (Lipinski definition) is 1. The Morgan fingerprint density at radius 1 is 1.24 bits per heavy atom. The second-order valence-electron chi connectivity index (χ2n) is 3.80. The first kappa shape index (κ1) is 13.5. The average Bonchev–Trinajstić information content (AvgIpc) is 2.23. The molecule has 1 aromatic carbocycles. The molecule has 17 heavy (non-hydrogen) atoms. The van der Waals surface area contributed by atoms with E-state index in [2.05, 4.69) is 0 Å². The zero-order chi connectivity index (χ0) is 12.9. The van der Waals surface area contributed by atoms with Crippen LogP contribution in [0, 0.1) is 0 Å². The van der Waals surface area contributed by atoms with Crippen LogP contribution in [0.4, 0.5) is 13.2 Å². The van der Waals surface area contributed by atoms with Crippen molar-refractivity contribution in [3.05, 3.63) is 29.8 Å². The number of halogens is 3. The molecule has 0 bridgehead atoms. The van der Waals surface area contributed by atoms with E-state index in [9.17, 15) is 18.0 Å². The van der Waals surface area contributed by atoms with Crippen molar-refractivity contribution in [2.45, 2.75) is 31.9 Å². The first-order valence-electron chi connectivity index (χ1n) is 5.27. The van der Waals surface area contributed by atoms with Gasteiger partial charge in [-0.1, -0.05) is 12.1 Å². The second kappa shape index (κ2) is 5.70. The van der Waals surface area contributed by atoms with Crippen LogP contribution < -0.4 is 0 Å². The Kier molecular flexibility index (Phi) is 4.54. The lowest BCUT2D eigenvalue weighted by molar-refractivity contribution is -0.135. The van der Waals surface area contributed by atoms with Crippen LogP contribution in [-0.2, 0) is 0 Å². The fourth-order valence-corrected chi connectivity index (χ4v) is 1.43. The Balaban J connectivity index is 2.36. The Morgan fingerprint density at radius 3 is 2.53 bits per heavy atom. The van der Waals surface area contributed by atoms with Crippen LogP contribution in [0.1, 0.15) is 36.0 Å². The fourth-order valence-electron chi connectivity index (χ4n) is 1.43. The number of aromatic hydroxyl groups is 1. The van der Waals surface area contributed by atoms with Crippen molar-refractivity contribution in [2.24, 2.45) is 0 Å². The quantitative estimate of drug-likeness (QED) is 0.635. The minimum Gasteiger partial charge on any atom is -0.508 e. The molecule has 0 aliphatic heterocycles. The van der Waals surface area contributed by atoms with Gasteiger partial charge in [0.2, 0.25) is 0 Å². The van der Waals surface area contributed by atoms with E-state index in [0.29, 0.717) is 5.56 Å². The number of alkyl halides is 3. The van der Waals surface area contributed by atoms with Gasteiger partial charge < -0.3 is 5.11 Å². The molecule has 1 aromatic rings. The summed E-state index contributed by atoms with van der Waals surface area (Å²) in [4.78, 5) is 11.5. The number of unbranched alkanes of at least 4 members (excludes halogenated alkanes) is 1. The Morgan fingerprint density at radius 2 is 1.94 bits per heavy atom. The molecule has 2 nitrogen and oxygen atoms in total. The molecule has 94 valence electrons. The van der Waals surface area contributed by atoms with Gasteiger partial charge in [0.05, 0.1) is 0 Å². The molecule has 0 spiro atoms. The minimum absolute atomic E-state index is 0.0221. The van der Waals surface area contributed by atoms with Crippen LogP contribution in [0.15, 0.2) is 24.3 Å². The predicted octanol–water partition coefficient (Wildman–Crippen LogP) is 3.70. The van der Waals surface area contributed by atoms with Crippen LogP contribution in [0.3, 0.4) is 0 Å². The maximum atomic E-state index is 11.8. The molecule has 0 aliphatic carbocycles. The van der Waals surface area contributed by atoms with Gasteiger partial charge in [-0.05, 0) is 25.0 Å². The number of hydrogen-bond acceptors (Lipinski definition) is 2. The average molecular weight is 246 g/mol. The molecule has 0 aromatic heterocycles. The molecule has 0 fully saturated rings. The third kappa shape index (κ3) is 5.38. The number of ketones is 1. The van der Waals surface area contributed by atoms with Gasteiger partial charge in [0, 0.05) is 18.4 Å². The number of Topliss-reactive ketones (excluding diaryl/α,β-unsaturated/α-hetero) is 1. The first-order chi connectivity index (χ1) is 7.88. The highest BCUT2D eigenvalue weighted by atomic mass is 19.4. The highest BCUT2D eigenvalue weighted by molar-refractivity contribution is 5.96. The van der Waals surface area contributed by atoms with Crippen LogP contribution in [0.5, 0.6) is 5.75 Å². The van der Waals surface area contributed by atoms with Crippen molar-refractivity contribution in [1.29, 1.82) is 0 Å². The van der Waals surface area contributed by atoms with Crippen molar-refractivity contribution in [3.8, 4) is 5.75 Å². The standard InChI is InChI=1S/C12H13F3O2/c13-12(14,15)7-2-1-6-11(17)9-4-3-5-10(16)8-9/h3-5,8,16H,1-2,6-7H2. The summed E-state index contributed by atoms with van der Waals surface area (Å²) in [6, 6.07) is 5.80. The normalized spacial score (nSPS) is 11.5. The van der Waals surface area contributed by atoms with Crippen LogP contribution >= 0.6 is 0 Å². The second-order valence-corrected chi connectivity index (χ2v) is 3.80. The lowest BCUT2D eigenvalue weighted by Crippen LogP contribution is -2.07. The summed E-state index contributed by atoms with van der Waals surface area (Å²) >= 11 is 0. The van der Waals surface area contributed by atoms with E-state index in [-0.39, 0.29) is 30.8 Å². The largest absolute Gasteiger partial charge is 0.508 e. The van der Waals surface area contributed by atoms with Crippen LogP contribution in [-0.4, -0.2) is 17.1 Å². The van der Waals surface area contributed by atoms with E-state index in [4.69, 9.17) is 5.11 Å². The van der Waals surface area contributed by atoms with E-state index >= 15 is 0 Å². The summed E-state index contributed by atoms with van der Waals surface area (Å²) in [6.07, 6.45) is -4.80. The molecule has 0 heterocycles. The summed E-state index contributed by atoms with van der Waals surface area (Å²) in [6.45, 7) is 0. The summed E-state index contributed by atoms with van der Waals surface area (Å²) in [5, 5.41) is 9.14. The molecule has 0 saturated carbocycles. The molecule has 0 radical (unpaired) electrons. The molecule has 0 aliphatic rings. The molecule has 5 heteroatoms. The number of phenolic OH excluding ortho intramolecular Hbond substituents is 1. The maximum absolute atomic E-state index is 11.8. The molecular weight excluding hydrogens is 233 g/mol. The summed E-state index contributed by atoms with van der Waals surface area (Å²) < 4.78 is 35.5. The zero-order valence-electron chi connectivity index (χ0n) is 9.13. The monoisotopic (exact) mass is 246 g/mol. The topological polar surface area (TPSA) is 37.3 Å². The van der Waals surface area contributed by atoms with Crippen molar-refractivity contribution in [1.82, 2.24) is 0 Å². The number of rotatable bonds is 5. The Labute approximate surface area is 97.1 Å². The Hall–Kier alpha value is -1.52. The first-order valence-corrected chi connectivity index (χ1v) is 5.27. The van der Waals surface area contributed by atoms with Gasteiger partial charge in [0.15, 0.2) is 5.78 Å². The third-order valence-electron chi connectivity index (χ3n) is 2.28. The lowest BCUT2D eigenvalue weighted by atomic mass is 10.0. The van der Waals surface area contributed by atoms with Gasteiger partial charge in [-0.15, -0.1) is 0 Å². The highest BCUT2D eigenvalue weighted by Crippen LogP contribution is 2.23. The fraction of sp³-hybridized carbons (Fsp3) is 0.417. The van der Waals surface area contributed by atoms with E-state index in [1.54, 1.807) is 0 Å². The number of carbonyl (C=O) groups is 1. The van der Waals surface area contributed by atoms with Crippen molar-refractivity contribution in [2.75, 3.05) is 0 Å². The van der Waals surface area contributed by atoms with Gasteiger partial charge in [-0.2, -0.15) is 13.2 Å². The van der Waals surface area contributed by atoms with E-state index < -0.39 is 12.6 Å². The van der Waals surface area contributed by atoms with Crippen molar-refractivity contribution < 1.29 is 23.1 Å². The van der Waals surface area contributed by atoms with Gasteiger partial charge >= 0.3 is 6.18 Å². The number of phenols is 1. The SMILES string of the molecule is O=C(CCCCC(F)(F)F)c1cccc(O)c1. The number of carbonyl (C=O) groups excluding carboxylic acids is 1. The van der Waals surface area contributed by atoms with Gasteiger partial charge in [-0.3, -0.25) is 4.79 Å². The predicted molar refractivity (Wildman–Crippen MR) is 57.0 cm³/mol. The molecule has 0 saturated heterocycles. The molecular formula is C12H13F3O2. The minimum atomic E-state index is -4.16. The van der Waals surface area contributed by atoms with Gasteiger partial charge in [0.1, 0.15) is 5.75 Å². The summed E-state index contributed by atoms with van der Waals surface area (Å²) in [5.41, 5.74) is 0.331. The summed E-state index contributed by atoms with van der Waals surface area (Å²) in [7, 11) is 0. The van der Waals surface area contributed by atoms with Gasteiger partial charge in [-0.25, -0.2) is 0 Å². The third-order valence-corrected chi connectivity index (χ3v) is 2.28. The lowest BCUT2D eigenvalue weighted by Gasteiger charge is -2.05.